The molecule has 0 radical (unpaired) electrons. The molecular formula is C15H12Cl2N2O2. The van der Waals surface area contributed by atoms with Gasteiger partial charge in [0.15, 0.2) is 0 Å². The molecular weight excluding hydrogens is 311 g/mol. The lowest BCUT2D eigenvalue weighted by atomic mass is 10.3. The SMILES string of the molecule is CN(C(=O)C(=O)Nc1ccc(Cl)cc1Cl)c1ccccc1. The van der Waals surface area contributed by atoms with E-state index in [4.69, 9.17) is 23.2 Å². The van der Waals surface area contributed by atoms with E-state index < -0.39 is 11.8 Å². The summed E-state index contributed by atoms with van der Waals surface area (Å²) in [5.41, 5.74) is 0.959. The number of hydrogen-bond acceptors (Lipinski definition) is 2. The maximum absolute atomic E-state index is 12.1. The molecule has 0 aliphatic carbocycles. The van der Waals surface area contributed by atoms with Crippen LogP contribution in [0.2, 0.25) is 10.0 Å². The lowest BCUT2D eigenvalue weighted by Gasteiger charge is -2.16. The maximum atomic E-state index is 12.1. The van der Waals surface area contributed by atoms with Gasteiger partial charge in [-0.2, -0.15) is 0 Å². The van der Waals surface area contributed by atoms with Crippen LogP contribution in [-0.4, -0.2) is 18.9 Å². The Bertz CT molecular complexity index is 675. The minimum atomic E-state index is -0.773. The Kier molecular flexibility index (Phi) is 4.83. The summed E-state index contributed by atoms with van der Waals surface area (Å²) in [7, 11) is 1.53. The zero-order valence-electron chi connectivity index (χ0n) is 11.1. The minimum absolute atomic E-state index is 0.269. The predicted molar refractivity (Wildman–Crippen MR) is 84.9 cm³/mol. The summed E-state index contributed by atoms with van der Waals surface area (Å²) in [5, 5.41) is 3.19. The first-order valence-corrected chi connectivity index (χ1v) is 6.84. The van der Waals surface area contributed by atoms with Crippen LogP contribution in [0.5, 0.6) is 0 Å². The Morgan fingerprint density at radius 2 is 1.71 bits per heavy atom. The number of nitrogens with one attached hydrogen (secondary N) is 1. The summed E-state index contributed by atoms with van der Waals surface area (Å²) >= 11 is 11.7. The van der Waals surface area contributed by atoms with Crippen LogP contribution in [0.15, 0.2) is 48.5 Å². The molecule has 0 aliphatic rings. The third-order valence-electron chi connectivity index (χ3n) is 2.82. The first kappa shape index (κ1) is 15.4. The molecule has 4 nitrogen and oxygen atoms in total. The first-order chi connectivity index (χ1) is 9.99. The van der Waals surface area contributed by atoms with E-state index in [-0.39, 0.29) is 5.02 Å². The number of hydrogen-bond donors (Lipinski definition) is 1. The number of carbonyl (C=O) groups is 2. The summed E-state index contributed by atoms with van der Waals surface area (Å²) in [6.07, 6.45) is 0. The van der Waals surface area contributed by atoms with Crippen molar-refractivity contribution in [3.63, 3.8) is 0 Å². The van der Waals surface area contributed by atoms with E-state index in [1.807, 2.05) is 6.07 Å². The molecule has 0 saturated carbocycles. The van der Waals surface area contributed by atoms with Crippen molar-refractivity contribution in [2.24, 2.45) is 0 Å². The van der Waals surface area contributed by atoms with Crippen molar-refractivity contribution in [3.8, 4) is 0 Å². The van der Waals surface area contributed by atoms with Gasteiger partial charge in [0.2, 0.25) is 0 Å². The van der Waals surface area contributed by atoms with Gasteiger partial charge in [0.1, 0.15) is 0 Å². The average molecular weight is 323 g/mol. The van der Waals surface area contributed by atoms with E-state index in [1.165, 1.54) is 18.0 Å². The normalized spacial score (nSPS) is 10.0. The smallest absolute Gasteiger partial charge is 0.316 e. The summed E-state index contributed by atoms with van der Waals surface area (Å²) in [4.78, 5) is 25.3. The van der Waals surface area contributed by atoms with E-state index in [0.29, 0.717) is 16.4 Å². The number of carbonyl (C=O) groups excluding carboxylic acids is 2. The van der Waals surface area contributed by atoms with Crippen molar-refractivity contribution < 1.29 is 9.59 Å². The molecule has 2 aromatic carbocycles. The fraction of sp³-hybridized carbons (Fsp3) is 0.0667. The fourth-order valence-electron chi connectivity index (χ4n) is 1.69. The summed E-state index contributed by atoms with van der Waals surface area (Å²) in [6, 6.07) is 13.5. The van der Waals surface area contributed by atoms with Gasteiger partial charge in [0.05, 0.1) is 10.7 Å². The molecule has 0 heterocycles. The van der Waals surface area contributed by atoms with Crippen molar-refractivity contribution in [3.05, 3.63) is 58.6 Å². The number of amides is 2. The van der Waals surface area contributed by atoms with Gasteiger partial charge in [0, 0.05) is 17.8 Å². The second-order valence-electron chi connectivity index (χ2n) is 4.28. The molecule has 108 valence electrons. The van der Waals surface area contributed by atoms with E-state index in [9.17, 15) is 9.59 Å². The van der Waals surface area contributed by atoms with Crippen LogP contribution < -0.4 is 10.2 Å². The molecule has 21 heavy (non-hydrogen) atoms. The third kappa shape index (κ3) is 3.74. The van der Waals surface area contributed by atoms with Crippen LogP contribution >= 0.6 is 23.2 Å². The summed E-state index contributed by atoms with van der Waals surface area (Å²) in [5.74, 6) is -1.46. The zero-order chi connectivity index (χ0) is 15.4. The van der Waals surface area contributed by atoms with E-state index in [0.717, 1.165) is 0 Å². The highest BCUT2D eigenvalue weighted by atomic mass is 35.5. The van der Waals surface area contributed by atoms with Crippen LogP contribution in [-0.2, 0) is 9.59 Å². The van der Waals surface area contributed by atoms with Gasteiger partial charge in [-0.15, -0.1) is 0 Å². The molecule has 0 unspecified atom stereocenters. The molecule has 2 amide bonds. The number of likely N-dealkylation sites (N-methyl/N-ethyl adjacent to an activating group) is 1. The van der Waals surface area contributed by atoms with Gasteiger partial charge < -0.3 is 10.2 Å². The van der Waals surface area contributed by atoms with Gasteiger partial charge in [-0.25, -0.2) is 0 Å². The third-order valence-corrected chi connectivity index (χ3v) is 3.37. The Labute approximate surface area is 132 Å². The molecule has 6 heteroatoms. The van der Waals surface area contributed by atoms with Crippen molar-refractivity contribution in [2.45, 2.75) is 0 Å². The van der Waals surface area contributed by atoms with Crippen molar-refractivity contribution in [1.29, 1.82) is 0 Å². The summed E-state index contributed by atoms with van der Waals surface area (Å²) < 4.78 is 0. The monoisotopic (exact) mass is 322 g/mol. The van der Waals surface area contributed by atoms with Crippen LogP contribution in [0, 0.1) is 0 Å². The predicted octanol–water partition coefficient (Wildman–Crippen LogP) is 3.59. The average Bonchev–Trinajstić information content (AvgIpc) is 2.49. The van der Waals surface area contributed by atoms with E-state index in [1.54, 1.807) is 36.4 Å². The lowest BCUT2D eigenvalue weighted by molar-refractivity contribution is -0.134. The maximum Gasteiger partial charge on any atom is 0.316 e. The van der Waals surface area contributed by atoms with Gasteiger partial charge in [-0.05, 0) is 30.3 Å². The van der Waals surface area contributed by atoms with Gasteiger partial charge in [0.25, 0.3) is 0 Å². The molecule has 2 aromatic rings. The van der Waals surface area contributed by atoms with Crippen molar-refractivity contribution in [1.82, 2.24) is 0 Å². The first-order valence-electron chi connectivity index (χ1n) is 6.08. The van der Waals surface area contributed by atoms with Gasteiger partial charge in [-0.3, -0.25) is 9.59 Å². The van der Waals surface area contributed by atoms with Crippen LogP contribution in [0.3, 0.4) is 0 Å². The quantitative estimate of drug-likeness (QED) is 0.859. The molecule has 0 fully saturated rings. The highest BCUT2D eigenvalue weighted by Crippen LogP contribution is 2.25. The van der Waals surface area contributed by atoms with Crippen LogP contribution in [0.4, 0.5) is 11.4 Å². The largest absolute Gasteiger partial charge is 0.316 e. The number of para-hydroxylation sites is 1. The lowest BCUT2D eigenvalue weighted by Crippen LogP contribution is -2.37. The Morgan fingerprint density at radius 1 is 1.05 bits per heavy atom. The minimum Gasteiger partial charge on any atom is -0.316 e. The number of benzene rings is 2. The molecule has 0 aliphatic heterocycles. The number of anilines is 2. The standard InChI is InChI=1S/C15H12Cl2N2O2/c1-19(11-5-3-2-4-6-11)15(21)14(20)18-13-8-7-10(16)9-12(13)17/h2-9H,1H3,(H,18,20). The zero-order valence-corrected chi connectivity index (χ0v) is 12.7. The number of nitrogens with zero attached hydrogens (tertiary/aromatic N) is 1. The Morgan fingerprint density at radius 3 is 2.33 bits per heavy atom. The summed E-state index contributed by atoms with van der Waals surface area (Å²) in [6.45, 7) is 0. The fourth-order valence-corrected chi connectivity index (χ4v) is 2.14. The van der Waals surface area contributed by atoms with Gasteiger partial charge >= 0.3 is 11.8 Å². The number of halogens is 2. The molecule has 0 bridgehead atoms. The Hall–Kier alpha value is -2.04. The number of rotatable bonds is 2. The second-order valence-corrected chi connectivity index (χ2v) is 5.12. The molecule has 0 saturated heterocycles. The molecule has 1 N–H and O–H groups in total. The highest BCUT2D eigenvalue weighted by Gasteiger charge is 2.20. The van der Waals surface area contributed by atoms with Crippen molar-refractivity contribution >= 4 is 46.4 Å². The van der Waals surface area contributed by atoms with Gasteiger partial charge in [-0.1, -0.05) is 41.4 Å². The molecule has 0 aromatic heterocycles. The Balaban J connectivity index is 2.11. The van der Waals surface area contributed by atoms with Crippen LogP contribution in [0.1, 0.15) is 0 Å². The topological polar surface area (TPSA) is 49.4 Å². The van der Waals surface area contributed by atoms with Crippen LogP contribution in [0.25, 0.3) is 0 Å². The van der Waals surface area contributed by atoms with E-state index >= 15 is 0 Å². The van der Waals surface area contributed by atoms with E-state index in [2.05, 4.69) is 5.32 Å². The highest BCUT2D eigenvalue weighted by molar-refractivity contribution is 6.45. The second kappa shape index (κ2) is 6.61. The molecule has 0 atom stereocenters. The van der Waals surface area contributed by atoms with Crippen molar-refractivity contribution in [2.75, 3.05) is 17.3 Å². The molecule has 2 rings (SSSR count). The molecule has 0 spiro atoms.